The molecule has 0 aromatic heterocycles. The average molecular weight is 396 g/mol. The standard InChI is InChI=1S/C18H24N2O8/c1-6-27-15(21)12-8-7-11(14(10-12)20(24)25)9-13(16(22)26-5)19-17(23)28-18(2,3)4/h7-8,10,13H,6,9H2,1-5H3,(H,19,23)/t13-/m0/s1. The Morgan fingerprint density at radius 2 is 1.89 bits per heavy atom. The summed E-state index contributed by atoms with van der Waals surface area (Å²) in [5.74, 6) is -1.50. The highest BCUT2D eigenvalue weighted by atomic mass is 16.6. The number of esters is 2. The smallest absolute Gasteiger partial charge is 0.408 e. The Kier molecular flexibility index (Phi) is 7.90. The van der Waals surface area contributed by atoms with E-state index in [4.69, 9.17) is 9.47 Å². The van der Waals surface area contributed by atoms with Crippen molar-refractivity contribution in [3.8, 4) is 0 Å². The zero-order chi connectivity index (χ0) is 21.5. The van der Waals surface area contributed by atoms with Crippen LogP contribution < -0.4 is 5.32 Å². The maximum Gasteiger partial charge on any atom is 0.408 e. The Labute approximate surface area is 162 Å². The van der Waals surface area contributed by atoms with E-state index in [0.29, 0.717) is 0 Å². The predicted octanol–water partition coefficient (Wildman–Crippen LogP) is 2.38. The molecule has 1 atom stereocenters. The molecule has 0 fully saturated rings. The number of nitro groups is 1. The molecule has 1 amide bonds. The molecule has 10 heteroatoms. The summed E-state index contributed by atoms with van der Waals surface area (Å²) < 4.78 is 14.6. The third-order valence-corrected chi connectivity index (χ3v) is 3.39. The number of rotatable bonds is 7. The first kappa shape index (κ1) is 22.9. The van der Waals surface area contributed by atoms with E-state index in [9.17, 15) is 24.5 Å². The van der Waals surface area contributed by atoms with Crippen molar-refractivity contribution in [2.45, 2.75) is 45.8 Å². The molecular formula is C18H24N2O8. The Hall–Kier alpha value is -3.17. The fraction of sp³-hybridized carbons (Fsp3) is 0.500. The lowest BCUT2D eigenvalue weighted by Gasteiger charge is -2.22. The van der Waals surface area contributed by atoms with Crippen molar-refractivity contribution in [1.29, 1.82) is 0 Å². The van der Waals surface area contributed by atoms with E-state index in [1.165, 1.54) is 12.1 Å². The minimum Gasteiger partial charge on any atom is -0.467 e. The number of alkyl carbamates (subject to hydrolysis) is 1. The van der Waals surface area contributed by atoms with Gasteiger partial charge in [-0.25, -0.2) is 14.4 Å². The summed E-state index contributed by atoms with van der Waals surface area (Å²) in [7, 11) is 1.13. The van der Waals surface area contributed by atoms with Gasteiger partial charge in [0.25, 0.3) is 5.69 Å². The number of hydrogen-bond acceptors (Lipinski definition) is 8. The molecule has 1 rings (SSSR count). The van der Waals surface area contributed by atoms with Gasteiger partial charge >= 0.3 is 18.0 Å². The SMILES string of the molecule is CCOC(=O)c1ccc(C[C@H](NC(=O)OC(C)(C)C)C(=O)OC)c([N+](=O)[O-])c1. The molecule has 0 radical (unpaired) electrons. The van der Waals surface area contributed by atoms with Crippen LogP contribution in [0.2, 0.25) is 0 Å². The molecule has 28 heavy (non-hydrogen) atoms. The Balaban J connectivity index is 3.13. The number of amides is 1. The normalized spacial score (nSPS) is 11.9. The van der Waals surface area contributed by atoms with Crippen molar-refractivity contribution in [1.82, 2.24) is 5.32 Å². The molecule has 0 bridgehead atoms. The predicted molar refractivity (Wildman–Crippen MR) is 97.9 cm³/mol. The van der Waals surface area contributed by atoms with Crippen LogP contribution in [0.5, 0.6) is 0 Å². The van der Waals surface area contributed by atoms with Crippen molar-refractivity contribution in [3.63, 3.8) is 0 Å². The third-order valence-electron chi connectivity index (χ3n) is 3.39. The first-order chi connectivity index (χ1) is 13.0. The van der Waals surface area contributed by atoms with Crippen molar-refractivity contribution in [3.05, 3.63) is 39.4 Å². The highest BCUT2D eigenvalue weighted by Gasteiger charge is 2.28. The summed E-state index contributed by atoms with van der Waals surface area (Å²) in [5.41, 5.74) is -1.04. The van der Waals surface area contributed by atoms with E-state index in [1.54, 1.807) is 27.7 Å². The number of methoxy groups -OCH3 is 1. The highest BCUT2D eigenvalue weighted by Crippen LogP contribution is 2.23. The molecule has 0 spiro atoms. The van der Waals surface area contributed by atoms with E-state index in [2.05, 4.69) is 10.1 Å². The van der Waals surface area contributed by atoms with Gasteiger partial charge in [-0.1, -0.05) is 6.07 Å². The van der Waals surface area contributed by atoms with Gasteiger partial charge in [0.2, 0.25) is 0 Å². The molecular weight excluding hydrogens is 372 g/mol. The number of benzene rings is 1. The molecule has 1 aromatic carbocycles. The van der Waals surface area contributed by atoms with Crippen LogP contribution in [0.3, 0.4) is 0 Å². The minimum absolute atomic E-state index is 0.00650. The molecule has 0 saturated heterocycles. The van der Waals surface area contributed by atoms with Gasteiger partial charge in [0.15, 0.2) is 0 Å². The van der Waals surface area contributed by atoms with Gasteiger partial charge in [0.05, 0.1) is 24.2 Å². The molecule has 1 aromatic rings. The Bertz CT molecular complexity index is 754. The second-order valence-electron chi connectivity index (χ2n) is 6.75. The van der Waals surface area contributed by atoms with Crippen LogP contribution in [0.15, 0.2) is 18.2 Å². The second kappa shape index (κ2) is 9.67. The van der Waals surface area contributed by atoms with Gasteiger partial charge in [-0.15, -0.1) is 0 Å². The molecule has 0 heterocycles. The number of nitrogens with zero attached hydrogens (tertiary/aromatic N) is 1. The maximum atomic E-state index is 12.0. The first-order valence-corrected chi connectivity index (χ1v) is 8.50. The Morgan fingerprint density at radius 3 is 2.39 bits per heavy atom. The summed E-state index contributed by atoms with van der Waals surface area (Å²) in [6, 6.07) is 2.53. The molecule has 0 aliphatic carbocycles. The zero-order valence-electron chi connectivity index (χ0n) is 16.4. The molecule has 1 N–H and O–H groups in total. The van der Waals surface area contributed by atoms with Gasteiger partial charge in [-0.3, -0.25) is 10.1 Å². The number of nitrogens with one attached hydrogen (secondary N) is 1. The van der Waals surface area contributed by atoms with Crippen molar-refractivity contribution < 1.29 is 33.5 Å². The van der Waals surface area contributed by atoms with Crippen LogP contribution in [0.25, 0.3) is 0 Å². The zero-order valence-corrected chi connectivity index (χ0v) is 16.4. The maximum absolute atomic E-state index is 12.0. The van der Waals surface area contributed by atoms with E-state index >= 15 is 0 Å². The lowest BCUT2D eigenvalue weighted by Crippen LogP contribution is -2.45. The number of ether oxygens (including phenoxy) is 3. The van der Waals surface area contributed by atoms with Crippen LogP contribution in [0.4, 0.5) is 10.5 Å². The highest BCUT2D eigenvalue weighted by molar-refractivity contribution is 5.90. The molecule has 0 aliphatic rings. The number of carbonyl (C=O) groups excluding carboxylic acids is 3. The first-order valence-electron chi connectivity index (χ1n) is 8.50. The van der Waals surface area contributed by atoms with Gasteiger partial charge in [0, 0.05) is 18.1 Å². The van der Waals surface area contributed by atoms with Gasteiger partial charge in [0.1, 0.15) is 11.6 Å². The van der Waals surface area contributed by atoms with Crippen LogP contribution in [-0.4, -0.2) is 48.3 Å². The van der Waals surface area contributed by atoms with Crippen molar-refractivity contribution >= 4 is 23.7 Å². The van der Waals surface area contributed by atoms with Gasteiger partial charge in [-0.2, -0.15) is 0 Å². The lowest BCUT2D eigenvalue weighted by atomic mass is 10.0. The fourth-order valence-electron chi connectivity index (χ4n) is 2.25. The summed E-state index contributed by atoms with van der Waals surface area (Å²) in [5, 5.41) is 13.8. The quantitative estimate of drug-likeness (QED) is 0.321. The molecule has 0 aliphatic heterocycles. The van der Waals surface area contributed by atoms with Gasteiger partial charge in [-0.05, 0) is 33.8 Å². The van der Waals surface area contributed by atoms with Crippen LogP contribution in [0, 0.1) is 10.1 Å². The minimum atomic E-state index is -1.22. The lowest BCUT2D eigenvalue weighted by molar-refractivity contribution is -0.385. The summed E-state index contributed by atoms with van der Waals surface area (Å²) >= 11 is 0. The topological polar surface area (TPSA) is 134 Å². The molecule has 10 nitrogen and oxygen atoms in total. The van der Waals surface area contributed by atoms with Crippen LogP contribution >= 0.6 is 0 Å². The fourth-order valence-corrected chi connectivity index (χ4v) is 2.25. The van der Waals surface area contributed by atoms with Crippen molar-refractivity contribution in [2.24, 2.45) is 0 Å². The molecule has 0 saturated carbocycles. The third kappa shape index (κ3) is 6.86. The average Bonchev–Trinajstić information content (AvgIpc) is 2.59. The molecule has 154 valence electrons. The Morgan fingerprint density at radius 1 is 1.25 bits per heavy atom. The number of hydrogen-bond donors (Lipinski definition) is 1. The summed E-state index contributed by atoms with van der Waals surface area (Å²) in [6.45, 7) is 6.69. The number of carbonyl (C=O) groups is 3. The van der Waals surface area contributed by atoms with Crippen LogP contribution in [0.1, 0.15) is 43.6 Å². The van der Waals surface area contributed by atoms with Crippen molar-refractivity contribution in [2.75, 3.05) is 13.7 Å². The number of nitro benzene ring substituents is 1. The largest absolute Gasteiger partial charge is 0.467 e. The monoisotopic (exact) mass is 396 g/mol. The second-order valence-corrected chi connectivity index (χ2v) is 6.75. The molecule has 0 unspecified atom stereocenters. The van der Waals surface area contributed by atoms with E-state index < -0.39 is 34.6 Å². The van der Waals surface area contributed by atoms with Gasteiger partial charge < -0.3 is 19.5 Å². The van der Waals surface area contributed by atoms with E-state index in [-0.39, 0.29) is 29.8 Å². The van der Waals surface area contributed by atoms with Crippen LogP contribution in [-0.2, 0) is 25.4 Å². The van der Waals surface area contributed by atoms with E-state index in [0.717, 1.165) is 13.2 Å². The van der Waals surface area contributed by atoms with E-state index in [1.807, 2.05) is 0 Å². The summed E-state index contributed by atoms with van der Waals surface area (Å²) in [4.78, 5) is 46.5. The summed E-state index contributed by atoms with van der Waals surface area (Å²) in [6.07, 6.45) is -1.10.